The maximum absolute atomic E-state index is 12.1. The molecule has 1 aromatic heterocycles. The van der Waals surface area contributed by atoms with E-state index < -0.39 is 5.60 Å². The summed E-state index contributed by atoms with van der Waals surface area (Å²) in [7, 11) is 0. The molecule has 0 bridgehead atoms. The number of rotatable bonds is 7. The normalized spacial score (nSPS) is 20.6. The van der Waals surface area contributed by atoms with Crippen molar-refractivity contribution in [1.82, 2.24) is 25.6 Å². The maximum atomic E-state index is 12.1. The van der Waals surface area contributed by atoms with Gasteiger partial charge in [-0.25, -0.2) is 9.98 Å². The number of ether oxygens (including phenoxy) is 1. The Bertz CT molecular complexity index is 1120. The van der Waals surface area contributed by atoms with Crippen LogP contribution in [0.5, 0.6) is 5.75 Å². The zero-order valence-corrected chi connectivity index (χ0v) is 21.6. The van der Waals surface area contributed by atoms with E-state index >= 15 is 0 Å². The van der Waals surface area contributed by atoms with Gasteiger partial charge in [0, 0.05) is 48.5 Å². The number of aliphatic hydroxyl groups is 1. The van der Waals surface area contributed by atoms with Crippen LogP contribution in [-0.2, 0) is 11.2 Å². The Kier molecular flexibility index (Phi) is 6.56. The Balaban J connectivity index is 1.26. The molecule has 0 spiro atoms. The van der Waals surface area contributed by atoms with E-state index in [9.17, 15) is 9.90 Å². The molecule has 9 nitrogen and oxygen atoms in total. The van der Waals surface area contributed by atoms with Gasteiger partial charge in [-0.05, 0) is 45.4 Å². The van der Waals surface area contributed by atoms with Gasteiger partial charge in [-0.1, -0.05) is 6.07 Å². The topological polar surface area (TPSA) is 102 Å². The van der Waals surface area contributed by atoms with Crippen molar-refractivity contribution in [3.8, 4) is 17.0 Å². The molecule has 3 aliphatic heterocycles. The first kappa shape index (κ1) is 24.2. The van der Waals surface area contributed by atoms with E-state index in [1.165, 1.54) is 10.4 Å². The summed E-state index contributed by atoms with van der Waals surface area (Å²) < 4.78 is 6.14. The quantitative estimate of drug-likeness (QED) is 0.538. The number of nitrogens with one attached hydrogen (secondary N) is 2. The van der Waals surface area contributed by atoms with E-state index in [1.807, 2.05) is 0 Å². The third kappa shape index (κ3) is 5.20. The fraction of sp³-hybridized carbons (Fsp3) is 0.560. The van der Waals surface area contributed by atoms with Crippen molar-refractivity contribution < 1.29 is 14.6 Å². The van der Waals surface area contributed by atoms with Crippen LogP contribution in [0.15, 0.2) is 23.2 Å². The van der Waals surface area contributed by atoms with Crippen molar-refractivity contribution >= 4 is 23.6 Å². The molecule has 1 atom stereocenters. The van der Waals surface area contributed by atoms with Gasteiger partial charge in [0.05, 0.1) is 30.8 Å². The van der Waals surface area contributed by atoms with E-state index in [0.717, 1.165) is 41.5 Å². The summed E-state index contributed by atoms with van der Waals surface area (Å²) in [6.07, 6.45) is 2.48. The highest BCUT2D eigenvalue weighted by Gasteiger charge is 2.33. The number of hydrazine groups is 1. The molecule has 1 amide bonds. The molecule has 188 valence electrons. The fourth-order valence-corrected chi connectivity index (χ4v) is 5.74. The third-order valence-corrected chi connectivity index (χ3v) is 7.69. The van der Waals surface area contributed by atoms with E-state index in [4.69, 9.17) is 9.72 Å². The van der Waals surface area contributed by atoms with Gasteiger partial charge in [0.15, 0.2) is 6.17 Å². The molecular weight excluding hydrogens is 464 g/mol. The molecule has 5 rings (SSSR count). The Morgan fingerprint density at radius 3 is 2.91 bits per heavy atom. The first-order valence-electron chi connectivity index (χ1n) is 12.2. The van der Waals surface area contributed by atoms with Crippen molar-refractivity contribution in [1.29, 1.82) is 0 Å². The van der Waals surface area contributed by atoms with Gasteiger partial charge in [0.25, 0.3) is 0 Å². The molecule has 1 unspecified atom stereocenters. The molecule has 10 heteroatoms. The lowest BCUT2D eigenvalue weighted by Gasteiger charge is -2.39. The number of likely N-dealkylation sites (tertiary alicyclic amines) is 1. The second-order valence-electron chi connectivity index (χ2n) is 10.4. The van der Waals surface area contributed by atoms with Crippen LogP contribution in [0.2, 0.25) is 0 Å². The van der Waals surface area contributed by atoms with Crippen LogP contribution in [0.4, 0.5) is 0 Å². The number of hydrogen-bond acceptors (Lipinski definition) is 9. The van der Waals surface area contributed by atoms with Crippen molar-refractivity contribution in [3.05, 3.63) is 33.6 Å². The first-order chi connectivity index (χ1) is 16.7. The number of hydrogen-bond donors (Lipinski definition) is 3. The summed E-state index contributed by atoms with van der Waals surface area (Å²) in [6.45, 7) is 10.5. The summed E-state index contributed by atoms with van der Waals surface area (Å²) in [5, 5.41) is 15.7. The monoisotopic (exact) mass is 498 g/mol. The molecule has 3 aliphatic rings. The van der Waals surface area contributed by atoms with Crippen molar-refractivity contribution in [2.75, 3.05) is 32.8 Å². The lowest BCUT2D eigenvalue weighted by molar-refractivity contribution is -0.124. The van der Waals surface area contributed by atoms with Crippen LogP contribution in [0.1, 0.15) is 55.2 Å². The lowest BCUT2D eigenvalue weighted by atomic mass is 9.90. The van der Waals surface area contributed by atoms with Gasteiger partial charge in [-0.15, -0.1) is 11.3 Å². The van der Waals surface area contributed by atoms with E-state index in [1.54, 1.807) is 31.5 Å². The average molecular weight is 499 g/mol. The molecule has 1 saturated heterocycles. The average Bonchev–Trinajstić information content (AvgIpc) is 3.38. The van der Waals surface area contributed by atoms with Crippen LogP contribution >= 0.6 is 11.3 Å². The van der Waals surface area contributed by atoms with Crippen LogP contribution in [0.25, 0.3) is 11.3 Å². The molecule has 0 aliphatic carbocycles. The Morgan fingerprint density at radius 1 is 1.37 bits per heavy atom. The molecule has 0 radical (unpaired) electrons. The number of fused-ring (bicyclic) bond motifs is 3. The van der Waals surface area contributed by atoms with Crippen LogP contribution < -0.4 is 15.5 Å². The van der Waals surface area contributed by atoms with Gasteiger partial charge in [-0.3, -0.25) is 9.69 Å². The Hall–Kier alpha value is -2.53. The SMILES string of the molecule is CC(C)N1NC=NC1c1nc2c(s1)CCOc1cc(C3CN(CC(=O)NCC(C)(C)O)C3)ccc1-2. The standard InChI is InChI=1S/C25H34N6O3S/c1-15(2)31-23(27-14-28-31)24-29-22-18-6-5-16(9-19(18)34-8-7-20(22)35-24)17-10-30(11-17)12-21(32)26-13-25(3,4)33/h5-6,9,14-15,17,23,33H,7-8,10-13H2,1-4H3,(H,26,32)(H,27,28). The van der Waals surface area contributed by atoms with E-state index in [2.05, 4.69) is 57.7 Å². The van der Waals surface area contributed by atoms with Gasteiger partial charge in [0.1, 0.15) is 10.8 Å². The number of thiazole rings is 1. The minimum atomic E-state index is -0.901. The predicted molar refractivity (Wildman–Crippen MR) is 137 cm³/mol. The minimum Gasteiger partial charge on any atom is -0.492 e. The van der Waals surface area contributed by atoms with Gasteiger partial charge >= 0.3 is 0 Å². The summed E-state index contributed by atoms with van der Waals surface area (Å²) in [5.41, 5.74) is 5.60. The molecule has 1 fully saturated rings. The van der Waals surface area contributed by atoms with Crippen LogP contribution in [0.3, 0.4) is 0 Å². The molecule has 2 aromatic rings. The zero-order chi connectivity index (χ0) is 24.7. The minimum absolute atomic E-state index is 0.0551. The van der Waals surface area contributed by atoms with Crippen LogP contribution in [-0.4, -0.2) is 76.7 Å². The van der Waals surface area contributed by atoms with Crippen molar-refractivity contribution in [3.63, 3.8) is 0 Å². The zero-order valence-electron chi connectivity index (χ0n) is 20.7. The second kappa shape index (κ2) is 9.50. The highest BCUT2D eigenvalue weighted by Crippen LogP contribution is 2.42. The lowest BCUT2D eigenvalue weighted by Crippen LogP contribution is -2.50. The molecule has 0 saturated carbocycles. The summed E-state index contributed by atoms with van der Waals surface area (Å²) in [6, 6.07) is 6.75. The largest absolute Gasteiger partial charge is 0.492 e. The number of carbonyl (C=O) groups excluding carboxylic acids is 1. The number of carbonyl (C=O) groups is 1. The Labute approximate surface area is 210 Å². The third-order valence-electron chi connectivity index (χ3n) is 6.54. The van der Waals surface area contributed by atoms with E-state index in [-0.39, 0.29) is 18.6 Å². The predicted octanol–water partition coefficient (Wildman–Crippen LogP) is 2.29. The number of benzene rings is 1. The highest BCUT2D eigenvalue weighted by molar-refractivity contribution is 7.12. The molecular formula is C25H34N6O3S. The van der Waals surface area contributed by atoms with Gasteiger partial charge in [0.2, 0.25) is 5.91 Å². The van der Waals surface area contributed by atoms with Gasteiger partial charge < -0.3 is 20.6 Å². The van der Waals surface area contributed by atoms with Crippen LogP contribution in [0, 0.1) is 0 Å². The number of amides is 1. The van der Waals surface area contributed by atoms with E-state index in [0.29, 0.717) is 25.1 Å². The maximum Gasteiger partial charge on any atom is 0.234 e. The summed E-state index contributed by atoms with van der Waals surface area (Å²) in [5.74, 6) is 1.20. The van der Waals surface area contributed by atoms with Crippen molar-refractivity contribution in [2.24, 2.45) is 4.99 Å². The Morgan fingerprint density at radius 2 is 2.17 bits per heavy atom. The molecule has 1 aromatic carbocycles. The summed E-state index contributed by atoms with van der Waals surface area (Å²) in [4.78, 5) is 25.1. The molecule has 35 heavy (non-hydrogen) atoms. The second-order valence-corrected chi connectivity index (χ2v) is 11.6. The number of nitrogens with zero attached hydrogens (tertiary/aromatic N) is 4. The van der Waals surface area contributed by atoms with Gasteiger partial charge in [-0.2, -0.15) is 5.01 Å². The first-order valence-corrected chi connectivity index (χ1v) is 13.0. The van der Waals surface area contributed by atoms with Crippen molar-refractivity contribution in [2.45, 2.75) is 57.8 Å². The summed E-state index contributed by atoms with van der Waals surface area (Å²) >= 11 is 1.72. The number of aliphatic imine (C=N–C) groups is 1. The number of aromatic nitrogens is 1. The smallest absolute Gasteiger partial charge is 0.234 e. The molecule has 3 N–H and O–H groups in total. The molecule has 4 heterocycles. The highest BCUT2D eigenvalue weighted by atomic mass is 32.1. The fourth-order valence-electron chi connectivity index (χ4n) is 4.63.